The smallest absolute Gasteiger partial charge is 0.164 e. The Hall–Kier alpha value is -1.74. The van der Waals surface area contributed by atoms with Crippen LogP contribution in [0, 0.1) is 0 Å². The molecule has 2 aromatic heterocycles. The van der Waals surface area contributed by atoms with Gasteiger partial charge in [-0.2, -0.15) is 0 Å². The Morgan fingerprint density at radius 3 is 2.79 bits per heavy atom. The minimum atomic E-state index is -1.15. The van der Waals surface area contributed by atoms with Gasteiger partial charge in [0.25, 0.3) is 0 Å². The molecule has 8 nitrogen and oxygen atoms in total. The molecule has 3 rings (SSSR count). The summed E-state index contributed by atoms with van der Waals surface area (Å²) in [6.45, 7) is -0.370. The summed E-state index contributed by atoms with van der Waals surface area (Å²) in [5, 5.41) is 29.4. The fraction of sp³-hybridized carbons (Fsp3) is 0.455. The number of aliphatic hydroxyl groups is 3. The Labute approximate surface area is 108 Å². The zero-order valence-electron chi connectivity index (χ0n) is 9.92. The van der Waals surface area contributed by atoms with E-state index in [2.05, 4.69) is 9.97 Å². The Morgan fingerprint density at radius 2 is 2.11 bits per heavy atom. The number of nitrogens with zero attached hydrogens (tertiary/aromatic N) is 3. The Bertz CT molecular complexity index is 601. The highest BCUT2D eigenvalue weighted by Gasteiger charge is 2.43. The number of hydrogen-bond donors (Lipinski definition) is 4. The fourth-order valence-electron chi connectivity index (χ4n) is 2.31. The molecule has 3 heterocycles. The van der Waals surface area contributed by atoms with Crippen molar-refractivity contribution in [2.45, 2.75) is 24.5 Å². The first-order valence-corrected chi connectivity index (χ1v) is 5.83. The Kier molecular flexibility index (Phi) is 2.86. The molecule has 4 atom stereocenters. The standard InChI is InChI=1S/C11H14N4O4/c12-9-5-1-2-15(10(5)14-4-13-9)11-8(18)7(17)6(3-16)19-11/h1-2,4,6-8,11,16-18H,3H2,(H2,12,13,14)/t6-,7-,8+,11-/m1/s1. The topological polar surface area (TPSA) is 127 Å². The molecule has 0 amide bonds. The summed E-state index contributed by atoms with van der Waals surface area (Å²) < 4.78 is 7.01. The molecule has 1 saturated heterocycles. The highest BCUT2D eigenvalue weighted by atomic mass is 16.6. The number of anilines is 1. The van der Waals surface area contributed by atoms with Gasteiger partial charge in [0.2, 0.25) is 0 Å². The van der Waals surface area contributed by atoms with Crippen LogP contribution in [0.4, 0.5) is 5.82 Å². The fourth-order valence-corrected chi connectivity index (χ4v) is 2.31. The second-order valence-electron chi connectivity index (χ2n) is 4.45. The molecule has 102 valence electrons. The average Bonchev–Trinajstić information content (AvgIpc) is 2.94. The van der Waals surface area contributed by atoms with E-state index in [1.54, 1.807) is 16.8 Å². The third-order valence-electron chi connectivity index (χ3n) is 3.33. The van der Waals surface area contributed by atoms with E-state index in [0.29, 0.717) is 16.9 Å². The molecule has 0 bridgehead atoms. The van der Waals surface area contributed by atoms with Crippen LogP contribution in [-0.4, -0.2) is 54.8 Å². The summed E-state index contributed by atoms with van der Waals surface area (Å²) in [5.74, 6) is 0.329. The number of rotatable bonds is 2. The number of aromatic nitrogens is 3. The van der Waals surface area contributed by atoms with E-state index in [9.17, 15) is 10.2 Å². The van der Waals surface area contributed by atoms with Crippen LogP contribution in [-0.2, 0) is 4.74 Å². The second-order valence-corrected chi connectivity index (χ2v) is 4.45. The molecule has 2 aromatic rings. The van der Waals surface area contributed by atoms with E-state index < -0.39 is 24.5 Å². The van der Waals surface area contributed by atoms with E-state index in [1.165, 1.54) is 6.33 Å². The lowest BCUT2D eigenvalue weighted by Crippen LogP contribution is -2.33. The summed E-state index contributed by atoms with van der Waals surface area (Å²) in [6, 6.07) is 1.71. The van der Waals surface area contributed by atoms with Crippen molar-refractivity contribution in [2.24, 2.45) is 0 Å². The number of ether oxygens (including phenoxy) is 1. The molecule has 5 N–H and O–H groups in total. The first-order valence-electron chi connectivity index (χ1n) is 5.83. The van der Waals surface area contributed by atoms with Crippen LogP contribution in [0.15, 0.2) is 18.6 Å². The maximum atomic E-state index is 9.98. The number of aliphatic hydroxyl groups excluding tert-OH is 3. The van der Waals surface area contributed by atoms with Crippen LogP contribution in [0.1, 0.15) is 6.23 Å². The van der Waals surface area contributed by atoms with E-state index in [0.717, 1.165) is 0 Å². The van der Waals surface area contributed by atoms with Crippen molar-refractivity contribution in [1.82, 2.24) is 14.5 Å². The van der Waals surface area contributed by atoms with Gasteiger partial charge in [-0.3, -0.25) is 0 Å². The minimum Gasteiger partial charge on any atom is -0.394 e. The van der Waals surface area contributed by atoms with Crippen LogP contribution in [0.3, 0.4) is 0 Å². The quantitative estimate of drug-likeness (QED) is 0.528. The van der Waals surface area contributed by atoms with Crippen molar-refractivity contribution in [2.75, 3.05) is 12.3 Å². The average molecular weight is 266 g/mol. The first-order chi connectivity index (χ1) is 9.13. The third-order valence-corrected chi connectivity index (χ3v) is 3.33. The van der Waals surface area contributed by atoms with Crippen LogP contribution in [0.5, 0.6) is 0 Å². The summed E-state index contributed by atoms with van der Waals surface area (Å²) in [7, 11) is 0. The van der Waals surface area contributed by atoms with Crippen molar-refractivity contribution in [3.8, 4) is 0 Å². The first kappa shape index (κ1) is 12.3. The van der Waals surface area contributed by atoms with Crippen molar-refractivity contribution >= 4 is 16.9 Å². The normalized spacial score (nSPS) is 31.1. The molecule has 0 unspecified atom stereocenters. The highest BCUT2D eigenvalue weighted by molar-refractivity contribution is 5.86. The van der Waals surface area contributed by atoms with Crippen molar-refractivity contribution in [3.05, 3.63) is 18.6 Å². The predicted molar refractivity (Wildman–Crippen MR) is 64.9 cm³/mol. The second kappa shape index (κ2) is 4.42. The molecule has 0 saturated carbocycles. The molecule has 1 aliphatic heterocycles. The van der Waals surface area contributed by atoms with Gasteiger partial charge in [-0.25, -0.2) is 9.97 Å². The summed E-state index contributed by atoms with van der Waals surface area (Å²) >= 11 is 0. The maximum absolute atomic E-state index is 9.98. The van der Waals surface area contributed by atoms with Gasteiger partial charge in [-0.1, -0.05) is 0 Å². The van der Waals surface area contributed by atoms with E-state index in [1.807, 2.05) is 0 Å². The number of nitrogens with two attached hydrogens (primary N) is 1. The zero-order valence-corrected chi connectivity index (χ0v) is 9.92. The SMILES string of the molecule is Nc1ncnc2c1ccn2[C@@H]1O[C@H](CO)[C@@H](O)[C@@H]1O. The van der Waals surface area contributed by atoms with E-state index >= 15 is 0 Å². The molecule has 1 aliphatic rings. The van der Waals surface area contributed by atoms with E-state index in [-0.39, 0.29) is 6.61 Å². The van der Waals surface area contributed by atoms with Crippen molar-refractivity contribution in [1.29, 1.82) is 0 Å². The lowest BCUT2D eigenvalue weighted by Gasteiger charge is -2.17. The summed E-state index contributed by atoms with van der Waals surface area (Å²) in [4.78, 5) is 7.97. The van der Waals surface area contributed by atoms with Crippen molar-refractivity contribution < 1.29 is 20.1 Å². The summed E-state index contributed by atoms with van der Waals surface area (Å²) in [6.07, 6.45) is -0.975. The molecule has 0 aromatic carbocycles. The molecular formula is C11H14N4O4. The molecule has 19 heavy (non-hydrogen) atoms. The monoisotopic (exact) mass is 266 g/mol. The van der Waals surface area contributed by atoms with Gasteiger partial charge >= 0.3 is 0 Å². The maximum Gasteiger partial charge on any atom is 0.164 e. The van der Waals surface area contributed by atoms with Crippen molar-refractivity contribution in [3.63, 3.8) is 0 Å². The van der Waals surface area contributed by atoms with Gasteiger partial charge in [-0.15, -0.1) is 0 Å². The van der Waals surface area contributed by atoms with Gasteiger partial charge in [0.05, 0.1) is 12.0 Å². The van der Waals surface area contributed by atoms with Crippen LogP contribution < -0.4 is 5.73 Å². The highest BCUT2D eigenvalue weighted by Crippen LogP contribution is 2.32. The summed E-state index contributed by atoms with van der Waals surface area (Å²) in [5.41, 5.74) is 6.23. The van der Waals surface area contributed by atoms with Gasteiger partial charge in [0.1, 0.15) is 36.1 Å². The number of nitrogen functional groups attached to an aromatic ring is 1. The minimum absolute atomic E-state index is 0.329. The van der Waals surface area contributed by atoms with Crippen LogP contribution in [0.2, 0.25) is 0 Å². The van der Waals surface area contributed by atoms with Gasteiger partial charge in [-0.05, 0) is 6.07 Å². The predicted octanol–water partition coefficient (Wildman–Crippen LogP) is -1.38. The molecular weight excluding hydrogens is 252 g/mol. The van der Waals surface area contributed by atoms with Crippen LogP contribution >= 0.6 is 0 Å². The van der Waals surface area contributed by atoms with Gasteiger partial charge in [0.15, 0.2) is 6.23 Å². The molecule has 8 heteroatoms. The lowest BCUT2D eigenvalue weighted by atomic mass is 10.1. The largest absolute Gasteiger partial charge is 0.394 e. The zero-order chi connectivity index (χ0) is 13.6. The van der Waals surface area contributed by atoms with Gasteiger partial charge in [0, 0.05) is 6.20 Å². The Balaban J connectivity index is 2.04. The molecule has 0 aliphatic carbocycles. The Morgan fingerprint density at radius 1 is 1.32 bits per heavy atom. The van der Waals surface area contributed by atoms with Crippen LogP contribution in [0.25, 0.3) is 11.0 Å². The number of hydrogen-bond acceptors (Lipinski definition) is 7. The van der Waals surface area contributed by atoms with E-state index in [4.69, 9.17) is 15.6 Å². The third kappa shape index (κ3) is 1.77. The van der Waals surface area contributed by atoms with Gasteiger partial charge < -0.3 is 30.4 Å². The molecule has 0 spiro atoms. The molecule has 0 radical (unpaired) electrons. The number of fused-ring (bicyclic) bond motifs is 1. The lowest BCUT2D eigenvalue weighted by molar-refractivity contribution is -0.0508. The molecule has 1 fully saturated rings.